The van der Waals surface area contributed by atoms with Crippen LogP contribution in [0, 0.1) is 5.92 Å². The van der Waals surface area contributed by atoms with E-state index >= 15 is 0 Å². The molecular formula is C19H27N5O5. The van der Waals surface area contributed by atoms with Gasteiger partial charge in [-0.3, -0.25) is 19.1 Å². The van der Waals surface area contributed by atoms with Crippen molar-refractivity contribution in [3.8, 4) is 0 Å². The fraction of sp³-hybridized carbons (Fsp3) is 0.526. The Balaban J connectivity index is 0.000000941. The van der Waals surface area contributed by atoms with Crippen LogP contribution in [0.15, 0.2) is 29.5 Å². The van der Waals surface area contributed by atoms with Gasteiger partial charge in [0.2, 0.25) is 5.91 Å². The number of carboxylic acid groups (broad SMARTS) is 1. The highest BCUT2D eigenvalue weighted by Gasteiger charge is 2.29. The van der Waals surface area contributed by atoms with E-state index in [-0.39, 0.29) is 30.2 Å². The molecule has 1 saturated carbocycles. The number of aromatic nitrogens is 3. The van der Waals surface area contributed by atoms with Gasteiger partial charge in [-0.2, -0.15) is 5.10 Å². The Morgan fingerprint density at radius 2 is 2.07 bits per heavy atom. The van der Waals surface area contributed by atoms with E-state index in [4.69, 9.17) is 14.3 Å². The number of hydrogen-bond acceptors (Lipinski definition) is 6. The number of nitrogens with zero attached hydrogens (tertiary/aromatic N) is 4. The first kappa shape index (κ1) is 22.1. The molecule has 2 aromatic heterocycles. The van der Waals surface area contributed by atoms with Crippen LogP contribution in [0.1, 0.15) is 41.7 Å². The molecule has 0 unspecified atom stereocenters. The summed E-state index contributed by atoms with van der Waals surface area (Å²) in [4.78, 5) is 38.7. The summed E-state index contributed by atoms with van der Waals surface area (Å²) in [5, 5.41) is 14.0. The van der Waals surface area contributed by atoms with Gasteiger partial charge in [-0.15, -0.1) is 0 Å². The number of rotatable bonds is 6. The summed E-state index contributed by atoms with van der Waals surface area (Å²) in [6.45, 7) is 0.438. The standard InChI is InChI=1S/C18H25N5O3.CH2O2/c1-22(8-7-13-9-20-23(2)10-13)18(25)14-3-5-15(6-4-14)21-17(24)16-11-26-12-19-16;2-1-3/h9-12,14-15H,3-8H2,1-2H3,(H,21,24);1H,(H,2,3). The molecule has 2 N–H and O–H groups in total. The van der Waals surface area contributed by atoms with E-state index in [2.05, 4.69) is 15.4 Å². The molecule has 2 aromatic rings. The molecule has 3 rings (SSSR count). The van der Waals surface area contributed by atoms with Gasteiger partial charge < -0.3 is 19.7 Å². The predicted molar refractivity (Wildman–Crippen MR) is 103 cm³/mol. The van der Waals surface area contributed by atoms with Gasteiger partial charge in [0.25, 0.3) is 12.4 Å². The number of likely N-dealkylation sites (N-methyl/N-ethyl adjacent to an activating group) is 1. The van der Waals surface area contributed by atoms with Crippen LogP contribution in [0.3, 0.4) is 0 Å². The molecule has 1 aliphatic carbocycles. The topological polar surface area (TPSA) is 131 Å². The molecule has 10 nitrogen and oxygen atoms in total. The lowest BCUT2D eigenvalue weighted by Gasteiger charge is -2.30. The first-order chi connectivity index (χ1) is 13.9. The summed E-state index contributed by atoms with van der Waals surface area (Å²) in [5.74, 6) is 0.00591. The molecule has 2 heterocycles. The molecule has 158 valence electrons. The summed E-state index contributed by atoms with van der Waals surface area (Å²) in [5.41, 5.74) is 1.42. The quantitative estimate of drug-likeness (QED) is 0.688. The summed E-state index contributed by atoms with van der Waals surface area (Å²) in [6.07, 6.45) is 10.4. The van der Waals surface area contributed by atoms with Gasteiger partial charge in [-0.1, -0.05) is 0 Å². The molecule has 0 bridgehead atoms. The van der Waals surface area contributed by atoms with E-state index in [0.717, 1.165) is 37.7 Å². The number of amides is 2. The molecule has 0 spiro atoms. The summed E-state index contributed by atoms with van der Waals surface area (Å²) in [6, 6.07) is 0.0870. The van der Waals surface area contributed by atoms with Gasteiger partial charge in [-0.05, 0) is 37.7 Å². The third kappa shape index (κ3) is 6.74. The number of oxazole rings is 1. The van der Waals surface area contributed by atoms with Crippen molar-refractivity contribution in [2.24, 2.45) is 13.0 Å². The normalized spacial score (nSPS) is 18.3. The van der Waals surface area contributed by atoms with E-state index in [9.17, 15) is 9.59 Å². The maximum absolute atomic E-state index is 12.6. The lowest BCUT2D eigenvalue weighted by Crippen LogP contribution is -2.41. The van der Waals surface area contributed by atoms with Crippen molar-refractivity contribution in [2.45, 2.75) is 38.1 Å². The zero-order chi connectivity index (χ0) is 21.2. The Morgan fingerprint density at radius 3 is 2.62 bits per heavy atom. The van der Waals surface area contributed by atoms with Crippen molar-refractivity contribution in [1.82, 2.24) is 25.0 Å². The Bertz CT molecular complexity index is 781. The Kier molecular flexibility index (Phi) is 8.38. The molecular weight excluding hydrogens is 378 g/mol. The third-order valence-corrected chi connectivity index (χ3v) is 4.95. The van der Waals surface area contributed by atoms with Crippen LogP contribution in [0.2, 0.25) is 0 Å². The SMILES string of the molecule is CN(CCc1cnn(C)c1)C(=O)C1CCC(NC(=O)c2cocn2)CC1.O=CO. The maximum atomic E-state index is 12.6. The minimum atomic E-state index is -0.250. The van der Waals surface area contributed by atoms with Crippen LogP contribution >= 0.6 is 0 Å². The molecule has 0 saturated heterocycles. The molecule has 0 atom stereocenters. The smallest absolute Gasteiger partial charge is 0.290 e. The van der Waals surface area contributed by atoms with Crippen molar-refractivity contribution < 1.29 is 23.9 Å². The van der Waals surface area contributed by atoms with Crippen molar-refractivity contribution in [3.63, 3.8) is 0 Å². The van der Waals surface area contributed by atoms with Crippen molar-refractivity contribution >= 4 is 18.3 Å². The molecule has 2 amide bonds. The number of carbonyl (C=O) groups is 3. The molecule has 0 radical (unpaired) electrons. The van der Waals surface area contributed by atoms with Gasteiger partial charge in [0.1, 0.15) is 6.26 Å². The molecule has 10 heteroatoms. The van der Waals surface area contributed by atoms with E-state index in [1.54, 1.807) is 4.68 Å². The fourth-order valence-electron chi connectivity index (χ4n) is 3.39. The van der Waals surface area contributed by atoms with E-state index < -0.39 is 0 Å². The highest BCUT2D eigenvalue weighted by Crippen LogP contribution is 2.26. The number of aryl methyl sites for hydroxylation is 1. The van der Waals surface area contributed by atoms with Crippen LogP contribution in [0.5, 0.6) is 0 Å². The summed E-state index contributed by atoms with van der Waals surface area (Å²) < 4.78 is 6.60. The number of hydrogen-bond donors (Lipinski definition) is 2. The Morgan fingerprint density at radius 1 is 1.38 bits per heavy atom. The van der Waals surface area contributed by atoms with Crippen LogP contribution in [-0.4, -0.2) is 62.7 Å². The zero-order valence-corrected chi connectivity index (χ0v) is 16.7. The van der Waals surface area contributed by atoms with Gasteiger partial charge in [0, 0.05) is 38.8 Å². The van der Waals surface area contributed by atoms with E-state index in [0.29, 0.717) is 12.2 Å². The monoisotopic (exact) mass is 405 g/mol. The fourth-order valence-corrected chi connectivity index (χ4v) is 3.39. The van der Waals surface area contributed by atoms with Crippen LogP contribution in [0.4, 0.5) is 0 Å². The highest BCUT2D eigenvalue weighted by molar-refractivity contribution is 5.92. The molecule has 0 aliphatic heterocycles. The maximum Gasteiger partial charge on any atom is 0.290 e. The van der Waals surface area contributed by atoms with Gasteiger partial charge in [0.05, 0.1) is 6.20 Å². The molecule has 29 heavy (non-hydrogen) atoms. The minimum absolute atomic E-state index is 0.0362. The second kappa shape index (κ2) is 11.0. The van der Waals surface area contributed by atoms with Crippen molar-refractivity contribution in [1.29, 1.82) is 0 Å². The Labute approximate surface area is 168 Å². The molecule has 1 aliphatic rings. The van der Waals surface area contributed by atoms with Crippen molar-refractivity contribution in [2.75, 3.05) is 13.6 Å². The van der Waals surface area contributed by atoms with Gasteiger partial charge >= 0.3 is 0 Å². The van der Waals surface area contributed by atoms with Crippen LogP contribution in [0.25, 0.3) is 0 Å². The average Bonchev–Trinajstić information content (AvgIpc) is 3.39. The largest absolute Gasteiger partial charge is 0.483 e. The lowest BCUT2D eigenvalue weighted by atomic mass is 9.85. The van der Waals surface area contributed by atoms with Crippen molar-refractivity contribution in [3.05, 3.63) is 36.3 Å². The van der Waals surface area contributed by atoms with Crippen LogP contribution < -0.4 is 5.32 Å². The average molecular weight is 405 g/mol. The first-order valence-corrected chi connectivity index (χ1v) is 9.44. The molecule has 1 fully saturated rings. The van der Waals surface area contributed by atoms with E-state index in [1.165, 1.54) is 12.7 Å². The third-order valence-electron chi connectivity index (χ3n) is 4.95. The second-order valence-corrected chi connectivity index (χ2v) is 7.03. The molecule has 0 aromatic carbocycles. The summed E-state index contributed by atoms with van der Waals surface area (Å²) in [7, 11) is 3.75. The highest BCUT2D eigenvalue weighted by atomic mass is 16.3. The van der Waals surface area contributed by atoms with Gasteiger partial charge in [0.15, 0.2) is 12.1 Å². The zero-order valence-electron chi connectivity index (χ0n) is 16.7. The first-order valence-electron chi connectivity index (χ1n) is 9.44. The van der Waals surface area contributed by atoms with Crippen LogP contribution in [-0.2, 0) is 23.1 Å². The second-order valence-electron chi connectivity index (χ2n) is 7.03. The van der Waals surface area contributed by atoms with E-state index in [1.807, 2.05) is 31.4 Å². The Hall–Kier alpha value is -3.17. The lowest BCUT2D eigenvalue weighted by molar-refractivity contribution is -0.135. The number of nitrogens with one attached hydrogen (secondary N) is 1. The van der Waals surface area contributed by atoms with Gasteiger partial charge in [-0.25, -0.2) is 4.98 Å². The summed E-state index contributed by atoms with van der Waals surface area (Å²) >= 11 is 0. The predicted octanol–water partition coefficient (Wildman–Crippen LogP) is 1.10. The minimum Gasteiger partial charge on any atom is -0.483 e. The number of carbonyl (C=O) groups excluding carboxylic acids is 2.